The second-order valence-corrected chi connectivity index (χ2v) is 6.97. The summed E-state index contributed by atoms with van der Waals surface area (Å²) in [4.78, 5) is 38.0. The van der Waals surface area contributed by atoms with Gasteiger partial charge in [0.1, 0.15) is 5.60 Å². The second-order valence-electron chi connectivity index (χ2n) is 6.97. The molecule has 1 aliphatic heterocycles. The van der Waals surface area contributed by atoms with Crippen molar-refractivity contribution in [3.63, 3.8) is 0 Å². The molecule has 3 rings (SSSR count). The zero-order chi connectivity index (χ0) is 17.5. The van der Waals surface area contributed by atoms with E-state index in [2.05, 4.69) is 5.32 Å². The van der Waals surface area contributed by atoms with Crippen molar-refractivity contribution in [2.45, 2.75) is 44.9 Å². The first-order valence-electron chi connectivity index (χ1n) is 7.91. The molecule has 2 atom stereocenters. The largest absolute Gasteiger partial charge is 0.444 e. The number of amides is 3. The number of benzene rings is 1. The number of rotatable bonds is 2. The Bertz CT molecular complexity index is 698. The molecule has 0 fully saturated rings. The van der Waals surface area contributed by atoms with Crippen LogP contribution in [0.25, 0.3) is 0 Å². The number of alkyl carbamates (subject to hydrolysis) is 1. The Balaban J connectivity index is 1.65. The summed E-state index contributed by atoms with van der Waals surface area (Å²) >= 11 is 0. The van der Waals surface area contributed by atoms with Gasteiger partial charge in [-0.05, 0) is 39.3 Å². The van der Waals surface area contributed by atoms with Crippen LogP contribution in [0.5, 0.6) is 0 Å². The van der Waals surface area contributed by atoms with Crippen LogP contribution in [0.2, 0.25) is 0 Å². The van der Waals surface area contributed by atoms with Crippen molar-refractivity contribution in [2.24, 2.45) is 0 Å². The van der Waals surface area contributed by atoms with Crippen LogP contribution in [-0.4, -0.2) is 40.5 Å². The van der Waals surface area contributed by atoms with E-state index in [0.717, 1.165) is 0 Å². The van der Waals surface area contributed by atoms with Crippen LogP contribution < -0.4 is 5.32 Å². The quantitative estimate of drug-likeness (QED) is 0.668. The van der Waals surface area contributed by atoms with E-state index in [9.17, 15) is 14.4 Å². The van der Waals surface area contributed by atoms with Crippen LogP contribution in [0.4, 0.5) is 4.79 Å². The van der Waals surface area contributed by atoms with Crippen molar-refractivity contribution >= 4 is 17.9 Å². The van der Waals surface area contributed by atoms with Gasteiger partial charge >= 0.3 is 6.09 Å². The maximum absolute atomic E-state index is 12.5. The first-order valence-corrected chi connectivity index (χ1v) is 7.91. The zero-order valence-corrected chi connectivity index (χ0v) is 13.9. The van der Waals surface area contributed by atoms with Crippen LogP contribution in [0.15, 0.2) is 36.4 Å². The number of hydrogen-bond donors (Lipinski definition) is 1. The van der Waals surface area contributed by atoms with Crippen molar-refractivity contribution in [2.75, 3.05) is 0 Å². The number of fused-ring (bicyclic) bond motifs is 1. The minimum Gasteiger partial charge on any atom is -0.444 e. The number of imide groups is 1. The van der Waals surface area contributed by atoms with Crippen molar-refractivity contribution in [3.05, 3.63) is 47.5 Å². The van der Waals surface area contributed by atoms with Gasteiger partial charge in [-0.3, -0.25) is 14.5 Å². The summed E-state index contributed by atoms with van der Waals surface area (Å²) < 4.78 is 5.22. The van der Waals surface area contributed by atoms with E-state index in [1.807, 2.05) is 0 Å². The molecule has 1 heterocycles. The molecule has 3 amide bonds. The number of ether oxygens (including phenoxy) is 1. The topological polar surface area (TPSA) is 75.7 Å². The Hall–Kier alpha value is -2.63. The maximum Gasteiger partial charge on any atom is 0.408 e. The highest BCUT2D eigenvalue weighted by atomic mass is 16.6. The number of carbonyl (C=O) groups excluding carboxylic acids is 3. The maximum atomic E-state index is 12.5. The number of nitrogens with one attached hydrogen (secondary N) is 1. The van der Waals surface area contributed by atoms with Gasteiger partial charge in [0.05, 0.1) is 23.2 Å². The van der Waals surface area contributed by atoms with Gasteiger partial charge < -0.3 is 10.1 Å². The van der Waals surface area contributed by atoms with Crippen molar-refractivity contribution < 1.29 is 19.1 Å². The third-order valence-corrected chi connectivity index (χ3v) is 3.92. The summed E-state index contributed by atoms with van der Waals surface area (Å²) in [5, 5.41) is 2.74. The molecule has 1 N–H and O–H groups in total. The van der Waals surface area contributed by atoms with E-state index in [1.165, 1.54) is 4.90 Å². The summed E-state index contributed by atoms with van der Waals surface area (Å²) in [6.07, 6.45) is 3.51. The molecule has 6 heteroatoms. The molecule has 1 aliphatic carbocycles. The number of hydrogen-bond acceptors (Lipinski definition) is 4. The fraction of sp³-hybridized carbons (Fsp3) is 0.389. The summed E-state index contributed by atoms with van der Waals surface area (Å²) in [7, 11) is 0. The minimum atomic E-state index is -0.575. The van der Waals surface area contributed by atoms with Crippen LogP contribution in [-0.2, 0) is 4.74 Å². The van der Waals surface area contributed by atoms with Crippen molar-refractivity contribution in [1.29, 1.82) is 0 Å². The second kappa shape index (κ2) is 5.78. The zero-order valence-electron chi connectivity index (χ0n) is 13.9. The highest BCUT2D eigenvalue weighted by Crippen LogP contribution is 2.28. The van der Waals surface area contributed by atoms with E-state index in [1.54, 1.807) is 57.2 Å². The van der Waals surface area contributed by atoms with Crippen LogP contribution >= 0.6 is 0 Å². The molecule has 0 spiro atoms. The Kier molecular flexibility index (Phi) is 3.91. The Morgan fingerprint density at radius 1 is 1.12 bits per heavy atom. The van der Waals surface area contributed by atoms with E-state index < -0.39 is 11.7 Å². The van der Waals surface area contributed by atoms with E-state index in [4.69, 9.17) is 4.74 Å². The smallest absolute Gasteiger partial charge is 0.408 e. The van der Waals surface area contributed by atoms with Gasteiger partial charge in [0.25, 0.3) is 11.8 Å². The van der Waals surface area contributed by atoms with Crippen molar-refractivity contribution in [3.8, 4) is 0 Å². The van der Waals surface area contributed by atoms with Crippen LogP contribution in [0.3, 0.4) is 0 Å². The standard InChI is InChI=1S/C18H20N2O4/c1-18(2,3)24-17(23)19-11-8-9-12(10-11)20-15(21)13-6-4-5-7-14(13)16(20)22/h4-9,11-12H,10H2,1-3H3,(H,19,23)/t11-,12+/m1/s1. The Morgan fingerprint density at radius 3 is 2.25 bits per heavy atom. The third kappa shape index (κ3) is 3.04. The average Bonchev–Trinajstić information content (AvgIpc) is 3.01. The molecule has 1 aromatic carbocycles. The van der Waals surface area contributed by atoms with E-state index in [-0.39, 0.29) is 23.9 Å². The van der Waals surface area contributed by atoms with Gasteiger partial charge in [-0.25, -0.2) is 4.79 Å². The summed E-state index contributed by atoms with van der Waals surface area (Å²) in [5.41, 5.74) is 0.285. The molecule has 6 nitrogen and oxygen atoms in total. The van der Waals surface area contributed by atoms with Gasteiger partial charge in [0.15, 0.2) is 0 Å². The van der Waals surface area contributed by atoms with E-state index in [0.29, 0.717) is 17.5 Å². The van der Waals surface area contributed by atoms with Crippen LogP contribution in [0, 0.1) is 0 Å². The lowest BCUT2D eigenvalue weighted by Gasteiger charge is -2.23. The van der Waals surface area contributed by atoms with Gasteiger partial charge in [0, 0.05) is 0 Å². The number of nitrogens with zero attached hydrogens (tertiary/aromatic N) is 1. The lowest BCUT2D eigenvalue weighted by Crippen LogP contribution is -2.42. The average molecular weight is 328 g/mol. The number of carbonyl (C=O) groups is 3. The normalized spacial score (nSPS) is 22.7. The first-order chi connectivity index (χ1) is 11.3. The molecule has 0 saturated carbocycles. The lowest BCUT2D eigenvalue weighted by molar-refractivity contribution is 0.0510. The highest BCUT2D eigenvalue weighted by molar-refractivity contribution is 6.21. The molecular weight excluding hydrogens is 308 g/mol. The highest BCUT2D eigenvalue weighted by Gasteiger charge is 2.41. The fourth-order valence-corrected chi connectivity index (χ4v) is 2.95. The van der Waals surface area contributed by atoms with Gasteiger partial charge in [-0.15, -0.1) is 0 Å². The molecule has 2 aliphatic rings. The third-order valence-electron chi connectivity index (χ3n) is 3.92. The molecular formula is C18H20N2O4. The molecule has 0 bridgehead atoms. The van der Waals surface area contributed by atoms with E-state index >= 15 is 0 Å². The minimum absolute atomic E-state index is 0.269. The fourth-order valence-electron chi connectivity index (χ4n) is 2.95. The SMILES string of the molecule is CC(C)(C)OC(=O)N[C@@H]1C=C[C@H](N2C(=O)c3ccccc3C2=O)C1. The molecule has 0 unspecified atom stereocenters. The molecule has 24 heavy (non-hydrogen) atoms. The Labute approximate surface area is 140 Å². The summed E-state index contributed by atoms with van der Waals surface area (Å²) in [6.45, 7) is 5.37. The first kappa shape index (κ1) is 16.2. The predicted molar refractivity (Wildman–Crippen MR) is 87.6 cm³/mol. The summed E-state index contributed by atoms with van der Waals surface area (Å²) in [6, 6.07) is 6.16. The monoisotopic (exact) mass is 328 g/mol. The molecule has 0 saturated heterocycles. The molecule has 0 radical (unpaired) electrons. The van der Waals surface area contributed by atoms with Gasteiger partial charge in [0.2, 0.25) is 0 Å². The predicted octanol–water partition coefficient (Wildman–Crippen LogP) is 2.50. The summed E-state index contributed by atoms with van der Waals surface area (Å²) in [5.74, 6) is -0.577. The van der Waals surface area contributed by atoms with Gasteiger partial charge in [-0.2, -0.15) is 0 Å². The van der Waals surface area contributed by atoms with Gasteiger partial charge in [-0.1, -0.05) is 24.3 Å². The Morgan fingerprint density at radius 2 is 1.71 bits per heavy atom. The van der Waals surface area contributed by atoms with Crippen LogP contribution in [0.1, 0.15) is 47.9 Å². The molecule has 1 aromatic rings. The van der Waals surface area contributed by atoms with Crippen molar-refractivity contribution in [1.82, 2.24) is 10.2 Å². The molecule has 126 valence electrons. The molecule has 0 aromatic heterocycles. The lowest BCUT2D eigenvalue weighted by atomic mass is 10.1.